The molecule has 0 spiro atoms. The van der Waals surface area contributed by atoms with Crippen molar-refractivity contribution in [3.8, 4) is 5.69 Å². The Morgan fingerprint density at radius 3 is 2.54 bits per heavy atom. The maximum Gasteiger partial charge on any atom is 0.412 e. The summed E-state index contributed by atoms with van der Waals surface area (Å²) in [6, 6.07) is 6.52. The number of imidazole rings is 1. The van der Waals surface area contributed by atoms with Crippen molar-refractivity contribution in [2.45, 2.75) is 12.6 Å². The molecule has 37 heavy (non-hydrogen) atoms. The number of benzene rings is 2. The molecule has 4 rings (SSSR count). The number of nitrogens with one attached hydrogen (secondary N) is 2. The highest BCUT2D eigenvalue weighted by molar-refractivity contribution is 6.42. The average molecular weight is 508 g/mol. The number of aldehydes is 1. The fourth-order valence-electron chi connectivity index (χ4n) is 3.40. The van der Waals surface area contributed by atoms with Crippen molar-refractivity contribution < 1.29 is 39.1 Å². The van der Waals surface area contributed by atoms with E-state index in [1.54, 1.807) is 0 Å². The van der Waals surface area contributed by atoms with E-state index in [9.17, 15) is 34.4 Å². The third kappa shape index (κ3) is 5.24. The van der Waals surface area contributed by atoms with Crippen LogP contribution in [0.3, 0.4) is 0 Å². The minimum atomic E-state index is -1.42. The molecule has 4 N–H and O–H groups in total. The predicted octanol–water partition coefficient (Wildman–Crippen LogP) is 2.38. The first kappa shape index (κ1) is 24.5. The van der Waals surface area contributed by atoms with Crippen LogP contribution in [0.2, 0.25) is 0 Å². The molecule has 1 aliphatic rings. The van der Waals surface area contributed by atoms with E-state index in [-0.39, 0.29) is 40.6 Å². The zero-order valence-electron chi connectivity index (χ0n) is 18.5. The first-order valence-corrected chi connectivity index (χ1v) is 10.3. The summed E-state index contributed by atoms with van der Waals surface area (Å²) < 4.78 is 6.36. The maximum absolute atomic E-state index is 12.1. The third-order valence-corrected chi connectivity index (χ3v) is 5.13. The number of aromatic nitrogens is 2. The second kappa shape index (κ2) is 9.95. The fraction of sp³-hybridized carbons (Fsp3) is 0.0909. The highest BCUT2D eigenvalue weighted by Gasteiger charge is 2.30. The van der Waals surface area contributed by atoms with Gasteiger partial charge in [-0.2, -0.15) is 0 Å². The van der Waals surface area contributed by atoms with Crippen molar-refractivity contribution in [3.05, 3.63) is 70.3 Å². The number of ether oxygens (including phenoxy) is 1. The monoisotopic (exact) mass is 508 g/mol. The van der Waals surface area contributed by atoms with Crippen LogP contribution >= 0.6 is 0 Å². The Bertz CT molecular complexity index is 1460. The van der Waals surface area contributed by atoms with E-state index in [2.05, 4.69) is 20.6 Å². The lowest BCUT2D eigenvalue weighted by atomic mass is 10.1. The van der Waals surface area contributed by atoms with Gasteiger partial charge < -0.3 is 25.1 Å². The fourth-order valence-corrected chi connectivity index (χ4v) is 3.40. The van der Waals surface area contributed by atoms with Crippen molar-refractivity contribution in [2.75, 3.05) is 10.6 Å². The summed E-state index contributed by atoms with van der Waals surface area (Å²) in [4.78, 5) is 64.7. The van der Waals surface area contributed by atoms with Crippen LogP contribution in [-0.4, -0.2) is 60.8 Å². The molecule has 1 aliphatic heterocycles. The smallest absolute Gasteiger partial charge is 0.412 e. The van der Waals surface area contributed by atoms with E-state index in [0.29, 0.717) is 12.0 Å². The van der Waals surface area contributed by atoms with Crippen LogP contribution in [0.4, 0.5) is 27.5 Å². The standard InChI is InChI=1S/C22H16N6O9/c29-8-16-19(21(32)33)26-15-5-17(18(28(35)36)6-14(15)25-16)27-7-13(23-10-27)9-37-22(34)24-12-3-1-11(2-4-12)20(30)31/h1-8,10,16,25H,9H2,(H,24,34)(H,30,31)(H,32,33). The lowest BCUT2D eigenvalue weighted by Crippen LogP contribution is -2.38. The van der Waals surface area contributed by atoms with Gasteiger partial charge in [0.25, 0.3) is 5.69 Å². The first-order chi connectivity index (χ1) is 17.7. The van der Waals surface area contributed by atoms with Crippen LogP contribution in [0.15, 0.2) is 53.9 Å². The molecule has 0 saturated carbocycles. The molecule has 3 aromatic rings. The quantitative estimate of drug-likeness (QED) is 0.197. The van der Waals surface area contributed by atoms with Gasteiger partial charge in [-0.3, -0.25) is 20.0 Å². The molecule has 15 heteroatoms. The van der Waals surface area contributed by atoms with Gasteiger partial charge in [-0.15, -0.1) is 0 Å². The Labute approximate surface area is 206 Å². The van der Waals surface area contributed by atoms with E-state index in [4.69, 9.17) is 9.84 Å². The Balaban J connectivity index is 1.52. The van der Waals surface area contributed by atoms with Gasteiger partial charge in [0.15, 0.2) is 5.71 Å². The van der Waals surface area contributed by atoms with Crippen LogP contribution in [0.1, 0.15) is 16.1 Å². The van der Waals surface area contributed by atoms with Gasteiger partial charge in [-0.1, -0.05) is 0 Å². The number of hydrogen-bond acceptors (Lipinski definition) is 10. The largest absolute Gasteiger partial charge is 0.478 e. The van der Waals surface area contributed by atoms with Gasteiger partial charge in [0.2, 0.25) is 0 Å². The highest BCUT2D eigenvalue weighted by Crippen LogP contribution is 2.38. The van der Waals surface area contributed by atoms with Gasteiger partial charge in [0.1, 0.15) is 24.6 Å². The summed E-state index contributed by atoms with van der Waals surface area (Å²) in [5.41, 5.74) is -0.0856. The van der Waals surface area contributed by atoms with E-state index < -0.39 is 34.7 Å². The molecule has 0 aliphatic carbocycles. The number of rotatable bonds is 8. The summed E-state index contributed by atoms with van der Waals surface area (Å²) >= 11 is 0. The van der Waals surface area contributed by atoms with Gasteiger partial charge >= 0.3 is 18.0 Å². The Kier molecular flexibility index (Phi) is 6.59. The lowest BCUT2D eigenvalue weighted by molar-refractivity contribution is -0.384. The van der Waals surface area contributed by atoms with Crippen molar-refractivity contribution in [3.63, 3.8) is 0 Å². The van der Waals surface area contributed by atoms with Crippen LogP contribution in [0.25, 0.3) is 5.69 Å². The third-order valence-electron chi connectivity index (χ3n) is 5.13. The van der Waals surface area contributed by atoms with E-state index in [1.807, 2.05) is 0 Å². The highest BCUT2D eigenvalue weighted by atomic mass is 16.6. The number of hydrogen-bond donors (Lipinski definition) is 4. The molecule has 1 amide bonds. The van der Waals surface area contributed by atoms with Gasteiger partial charge in [-0.25, -0.2) is 24.4 Å². The maximum atomic E-state index is 12.1. The van der Waals surface area contributed by atoms with Crippen LogP contribution in [0.5, 0.6) is 0 Å². The predicted molar refractivity (Wildman–Crippen MR) is 126 cm³/mol. The molecule has 0 radical (unpaired) electrons. The van der Waals surface area contributed by atoms with Crippen molar-refractivity contribution in [1.29, 1.82) is 0 Å². The van der Waals surface area contributed by atoms with Gasteiger partial charge in [-0.05, 0) is 30.3 Å². The second-order valence-electron chi connectivity index (χ2n) is 7.53. The number of aliphatic imine (C=N–C) groups is 1. The summed E-state index contributed by atoms with van der Waals surface area (Å²) in [7, 11) is 0. The molecule has 1 aromatic heterocycles. The van der Waals surface area contributed by atoms with Gasteiger partial charge in [0.05, 0.1) is 33.9 Å². The zero-order valence-corrected chi connectivity index (χ0v) is 18.5. The summed E-state index contributed by atoms with van der Waals surface area (Å²) in [5, 5.41) is 34.9. The minimum Gasteiger partial charge on any atom is -0.478 e. The number of nitrogens with zero attached hydrogens (tertiary/aromatic N) is 4. The average Bonchev–Trinajstić information content (AvgIpc) is 3.35. The molecule has 188 valence electrons. The van der Waals surface area contributed by atoms with Gasteiger partial charge in [0, 0.05) is 18.0 Å². The molecule has 2 aromatic carbocycles. The molecule has 0 bridgehead atoms. The molecular formula is C22H16N6O9. The molecular weight excluding hydrogens is 492 g/mol. The van der Waals surface area contributed by atoms with E-state index in [0.717, 1.165) is 6.07 Å². The Morgan fingerprint density at radius 1 is 1.19 bits per heavy atom. The number of amides is 1. The Hall–Kier alpha value is -5.60. The summed E-state index contributed by atoms with van der Waals surface area (Å²) in [5.74, 6) is -2.53. The van der Waals surface area contributed by atoms with Crippen LogP contribution in [-0.2, 0) is 20.9 Å². The number of fused-ring (bicyclic) bond motifs is 1. The van der Waals surface area contributed by atoms with Crippen molar-refractivity contribution >= 4 is 52.8 Å². The number of anilines is 2. The van der Waals surface area contributed by atoms with Crippen LogP contribution in [0, 0.1) is 10.1 Å². The van der Waals surface area contributed by atoms with E-state index in [1.165, 1.54) is 47.4 Å². The summed E-state index contributed by atoms with van der Waals surface area (Å²) in [6.45, 7) is -0.297. The SMILES string of the molecule is O=CC1Nc2cc([N+](=O)[O-])c(-n3cnc(COC(=O)Nc4ccc(C(=O)O)cc4)c3)cc2N=C1C(=O)O. The first-order valence-electron chi connectivity index (χ1n) is 10.3. The molecule has 1 atom stereocenters. The number of carbonyl (C=O) groups is 4. The number of nitro benzene ring substituents is 1. The van der Waals surface area contributed by atoms with Crippen molar-refractivity contribution in [2.24, 2.45) is 4.99 Å². The number of carbonyl (C=O) groups excluding carboxylic acids is 2. The Morgan fingerprint density at radius 2 is 1.92 bits per heavy atom. The lowest BCUT2D eigenvalue weighted by Gasteiger charge is -2.21. The van der Waals surface area contributed by atoms with E-state index >= 15 is 0 Å². The molecule has 2 heterocycles. The molecule has 0 saturated heterocycles. The van der Waals surface area contributed by atoms with Crippen LogP contribution < -0.4 is 10.6 Å². The number of nitro groups is 1. The molecule has 0 fully saturated rings. The van der Waals surface area contributed by atoms with Crippen molar-refractivity contribution in [1.82, 2.24) is 9.55 Å². The zero-order chi connectivity index (χ0) is 26.7. The number of carboxylic acid groups (broad SMARTS) is 2. The normalized spacial score (nSPS) is 13.9. The topological polar surface area (TPSA) is 215 Å². The minimum absolute atomic E-state index is 0.00492. The molecule has 1 unspecified atom stereocenters. The second-order valence-corrected chi connectivity index (χ2v) is 7.53. The summed E-state index contributed by atoms with van der Waals surface area (Å²) in [6.07, 6.45) is 2.10. The number of carboxylic acids is 2. The number of aromatic carboxylic acids is 1. The molecule has 15 nitrogen and oxygen atoms in total. The number of aliphatic carboxylic acids is 1.